The molecule has 0 unspecified atom stereocenters. The maximum atomic E-state index is 13.4. The molecule has 0 aliphatic heterocycles. The van der Waals surface area contributed by atoms with Gasteiger partial charge >= 0.3 is 0 Å². The molecule has 0 bridgehead atoms. The highest BCUT2D eigenvalue weighted by Gasteiger charge is 2.19. The van der Waals surface area contributed by atoms with Gasteiger partial charge in [0.05, 0.1) is 16.6 Å². The lowest BCUT2D eigenvalue weighted by molar-refractivity contribution is 0.933. The van der Waals surface area contributed by atoms with Crippen LogP contribution in [0.5, 0.6) is 0 Å². The zero-order chi connectivity index (χ0) is 18.4. The summed E-state index contributed by atoms with van der Waals surface area (Å²) < 4.78 is 3.01. The summed E-state index contributed by atoms with van der Waals surface area (Å²) in [5, 5.41) is 5.16. The molecule has 0 radical (unpaired) electrons. The normalized spacial score (nSPS) is 11.3. The molecule has 0 N–H and O–H groups in total. The van der Waals surface area contributed by atoms with Crippen LogP contribution in [0.3, 0.4) is 0 Å². The Labute approximate surface area is 157 Å². The molecule has 1 aromatic carbocycles. The lowest BCUT2D eigenvalue weighted by Gasteiger charge is -2.12. The molecular weight excluding hydrogens is 364 g/mol. The van der Waals surface area contributed by atoms with Crippen LogP contribution in [0, 0.1) is 0 Å². The van der Waals surface area contributed by atoms with Crippen molar-refractivity contribution in [3.05, 3.63) is 82.6 Å². The van der Waals surface area contributed by atoms with Crippen molar-refractivity contribution in [3.63, 3.8) is 0 Å². The number of aromatic nitrogens is 6. The monoisotopic (exact) mass is 374 g/mol. The molecule has 0 aliphatic carbocycles. The molecule has 0 aliphatic rings. The van der Waals surface area contributed by atoms with Crippen LogP contribution in [0.25, 0.3) is 33.8 Å². The second-order valence-electron chi connectivity index (χ2n) is 5.85. The predicted molar refractivity (Wildman–Crippen MR) is 102 cm³/mol. The lowest BCUT2D eigenvalue weighted by Crippen LogP contribution is -2.20. The van der Waals surface area contributed by atoms with Gasteiger partial charge in [0.25, 0.3) is 11.3 Å². The Morgan fingerprint density at radius 1 is 0.963 bits per heavy atom. The first-order valence-corrected chi connectivity index (χ1v) is 8.53. The van der Waals surface area contributed by atoms with Crippen LogP contribution in [0.2, 0.25) is 5.02 Å². The first-order chi connectivity index (χ1) is 13.2. The van der Waals surface area contributed by atoms with Crippen molar-refractivity contribution in [2.75, 3.05) is 0 Å². The third kappa shape index (κ3) is 2.40. The fourth-order valence-electron chi connectivity index (χ4n) is 3.10. The van der Waals surface area contributed by atoms with Gasteiger partial charge in [-0.05, 0) is 24.3 Å². The van der Waals surface area contributed by atoms with E-state index in [1.54, 1.807) is 36.7 Å². The Balaban J connectivity index is 1.97. The summed E-state index contributed by atoms with van der Waals surface area (Å²) in [5.41, 5.74) is 1.49. The minimum atomic E-state index is -0.258. The minimum Gasteiger partial charge on any atom is -0.268 e. The first kappa shape index (κ1) is 15.7. The van der Waals surface area contributed by atoms with Crippen LogP contribution in [-0.4, -0.2) is 29.1 Å². The number of hydrogen-bond donors (Lipinski definition) is 0. The van der Waals surface area contributed by atoms with Crippen LogP contribution >= 0.6 is 11.6 Å². The third-order valence-corrected chi connectivity index (χ3v) is 4.62. The van der Waals surface area contributed by atoms with Gasteiger partial charge in [0, 0.05) is 23.0 Å². The van der Waals surface area contributed by atoms with E-state index in [1.807, 2.05) is 24.3 Å². The Kier molecular flexibility index (Phi) is 3.48. The number of pyridine rings is 2. The Morgan fingerprint density at radius 3 is 2.63 bits per heavy atom. The Hall–Kier alpha value is -3.58. The molecule has 0 atom stereocenters. The van der Waals surface area contributed by atoms with Crippen molar-refractivity contribution in [1.29, 1.82) is 0 Å². The van der Waals surface area contributed by atoms with E-state index in [9.17, 15) is 4.79 Å². The summed E-state index contributed by atoms with van der Waals surface area (Å²) in [7, 11) is 0. The van der Waals surface area contributed by atoms with E-state index in [1.165, 1.54) is 15.4 Å². The molecule has 5 aromatic rings. The highest BCUT2D eigenvalue weighted by atomic mass is 35.5. The molecule has 4 heterocycles. The fourth-order valence-corrected chi connectivity index (χ4v) is 3.33. The van der Waals surface area contributed by atoms with E-state index < -0.39 is 0 Å². The minimum absolute atomic E-state index is 0.258. The van der Waals surface area contributed by atoms with Crippen molar-refractivity contribution in [3.8, 4) is 17.1 Å². The van der Waals surface area contributed by atoms with Gasteiger partial charge in [-0.1, -0.05) is 35.9 Å². The van der Waals surface area contributed by atoms with Gasteiger partial charge in [0.2, 0.25) is 0 Å². The average molecular weight is 375 g/mol. The molecule has 0 saturated heterocycles. The van der Waals surface area contributed by atoms with Gasteiger partial charge < -0.3 is 0 Å². The van der Waals surface area contributed by atoms with E-state index >= 15 is 0 Å². The molecule has 130 valence electrons. The molecule has 0 fully saturated rings. The van der Waals surface area contributed by atoms with Gasteiger partial charge in [-0.15, -0.1) is 0 Å². The number of benzene rings is 1. The van der Waals surface area contributed by atoms with Crippen molar-refractivity contribution >= 4 is 28.3 Å². The smallest absolute Gasteiger partial charge is 0.267 e. The Morgan fingerprint density at radius 2 is 1.81 bits per heavy atom. The van der Waals surface area contributed by atoms with Crippen LogP contribution in [0.1, 0.15) is 0 Å². The lowest BCUT2D eigenvalue weighted by atomic mass is 10.1. The first-order valence-electron chi connectivity index (χ1n) is 8.15. The highest BCUT2D eigenvalue weighted by Crippen LogP contribution is 2.31. The standard InChI is InChI=1S/C19H11ClN6O/c20-13-6-2-1-5-12(13)17-16-14(24-19-22-11-23-26(17)19)8-10-25(18(16)27)15-7-3-4-9-21-15/h1-11H. The SMILES string of the molecule is O=c1c2c(-c3ccccc3Cl)n3ncnc3nc2ccn1-c1ccccn1. The molecule has 0 spiro atoms. The maximum absolute atomic E-state index is 13.4. The molecule has 0 amide bonds. The largest absolute Gasteiger partial charge is 0.268 e. The van der Waals surface area contributed by atoms with Gasteiger partial charge in [-0.2, -0.15) is 14.6 Å². The van der Waals surface area contributed by atoms with Crippen LogP contribution < -0.4 is 5.56 Å². The van der Waals surface area contributed by atoms with Gasteiger partial charge in [-0.25, -0.2) is 9.97 Å². The molecule has 8 heteroatoms. The van der Waals surface area contributed by atoms with Crippen LogP contribution in [0.15, 0.2) is 72.0 Å². The molecule has 4 aromatic heterocycles. The van der Waals surface area contributed by atoms with E-state index in [2.05, 4.69) is 20.1 Å². The van der Waals surface area contributed by atoms with Crippen molar-refractivity contribution in [2.45, 2.75) is 0 Å². The summed E-state index contributed by atoms with van der Waals surface area (Å²) in [5.74, 6) is 0.917. The van der Waals surface area contributed by atoms with E-state index in [-0.39, 0.29) is 5.56 Å². The number of halogens is 1. The van der Waals surface area contributed by atoms with E-state index in [0.717, 1.165) is 0 Å². The second-order valence-corrected chi connectivity index (χ2v) is 6.26. The summed E-state index contributed by atoms with van der Waals surface area (Å²) in [6.45, 7) is 0. The molecule has 5 rings (SSSR count). The molecular formula is C19H11ClN6O. The Bertz CT molecular complexity index is 1360. The summed E-state index contributed by atoms with van der Waals surface area (Å²) in [6.07, 6.45) is 4.70. The fraction of sp³-hybridized carbons (Fsp3) is 0. The van der Waals surface area contributed by atoms with E-state index in [4.69, 9.17) is 11.6 Å². The molecule has 7 nitrogen and oxygen atoms in total. The number of rotatable bonds is 2. The van der Waals surface area contributed by atoms with E-state index in [0.29, 0.717) is 38.8 Å². The second kappa shape index (κ2) is 6.00. The van der Waals surface area contributed by atoms with Crippen LogP contribution in [0.4, 0.5) is 0 Å². The summed E-state index contributed by atoms with van der Waals surface area (Å²) in [4.78, 5) is 26.3. The maximum Gasteiger partial charge on any atom is 0.267 e. The average Bonchev–Trinajstić information content (AvgIpc) is 3.16. The number of fused-ring (bicyclic) bond motifs is 2. The number of hydrogen-bond acceptors (Lipinski definition) is 5. The zero-order valence-electron chi connectivity index (χ0n) is 13.8. The van der Waals surface area contributed by atoms with Crippen molar-refractivity contribution < 1.29 is 0 Å². The van der Waals surface area contributed by atoms with Gasteiger partial charge in [-0.3, -0.25) is 9.36 Å². The number of nitrogens with zero attached hydrogens (tertiary/aromatic N) is 6. The van der Waals surface area contributed by atoms with Crippen LogP contribution in [-0.2, 0) is 0 Å². The predicted octanol–water partition coefficient (Wildman–Crippen LogP) is 3.14. The highest BCUT2D eigenvalue weighted by molar-refractivity contribution is 6.33. The summed E-state index contributed by atoms with van der Waals surface area (Å²) >= 11 is 6.43. The quantitative estimate of drug-likeness (QED) is 0.474. The summed E-state index contributed by atoms with van der Waals surface area (Å²) in [6, 6.07) is 14.5. The molecule has 27 heavy (non-hydrogen) atoms. The zero-order valence-corrected chi connectivity index (χ0v) is 14.6. The molecule has 0 saturated carbocycles. The third-order valence-electron chi connectivity index (χ3n) is 4.29. The van der Waals surface area contributed by atoms with Crippen molar-refractivity contribution in [1.82, 2.24) is 29.1 Å². The van der Waals surface area contributed by atoms with Gasteiger partial charge in [0.1, 0.15) is 12.1 Å². The van der Waals surface area contributed by atoms with Crippen molar-refractivity contribution in [2.24, 2.45) is 0 Å². The van der Waals surface area contributed by atoms with Gasteiger partial charge in [0.15, 0.2) is 0 Å². The topological polar surface area (TPSA) is 78.0 Å².